The predicted molar refractivity (Wildman–Crippen MR) is 268 cm³/mol. The van der Waals surface area contributed by atoms with E-state index in [1.54, 1.807) is 68.8 Å². The molecular weight excluding hydrogens is 914 g/mol. The van der Waals surface area contributed by atoms with Crippen LogP contribution >= 0.6 is 7.82 Å². The second kappa shape index (κ2) is 18.8. The van der Waals surface area contributed by atoms with Gasteiger partial charge in [0.15, 0.2) is 0 Å². The zero-order chi connectivity index (χ0) is 49.9. The smallest absolute Gasteiger partial charge is 0.392 e. The summed E-state index contributed by atoms with van der Waals surface area (Å²) < 4.78 is 20.2. The number of amides is 2. The average molecular weight is 976 g/mol. The summed E-state index contributed by atoms with van der Waals surface area (Å²) in [4.78, 5) is 81.9. The Hall–Kier alpha value is -6.21. The van der Waals surface area contributed by atoms with E-state index >= 15 is 0 Å². The molecule has 5 aromatic rings. The number of piperazine rings is 1. The number of pyridine rings is 4. The van der Waals surface area contributed by atoms with E-state index in [-0.39, 0.29) is 28.6 Å². The van der Waals surface area contributed by atoms with Gasteiger partial charge in [0.25, 0.3) is 11.5 Å². The molecule has 0 bridgehead atoms. The summed E-state index contributed by atoms with van der Waals surface area (Å²) in [5, 5.41) is 17.0. The predicted octanol–water partition coefficient (Wildman–Crippen LogP) is 5.71. The normalized spacial score (nSPS) is 18.7. The molecule has 20 heteroatoms. The van der Waals surface area contributed by atoms with Gasteiger partial charge in [-0.3, -0.25) is 33.7 Å². The van der Waals surface area contributed by atoms with E-state index in [9.17, 15) is 33.8 Å². The van der Waals surface area contributed by atoms with Crippen molar-refractivity contribution in [3.05, 3.63) is 112 Å². The third-order valence-electron chi connectivity index (χ3n) is 14.2. The fourth-order valence-electron chi connectivity index (χ4n) is 10.8. The number of carbonyl (C=O) groups excluding carboxylic acids is 2. The van der Waals surface area contributed by atoms with Crippen LogP contribution in [0.5, 0.6) is 0 Å². The summed E-state index contributed by atoms with van der Waals surface area (Å²) in [6.45, 7) is 17.9. The average Bonchev–Trinajstić information content (AvgIpc) is 3.81. The van der Waals surface area contributed by atoms with Gasteiger partial charge in [-0.15, -0.1) is 0 Å². The van der Waals surface area contributed by atoms with Crippen LogP contribution in [0.2, 0.25) is 0 Å². The molecule has 2 amide bonds. The number of phosphoric acid groups is 1. The van der Waals surface area contributed by atoms with Crippen molar-refractivity contribution < 1.29 is 33.6 Å². The number of hydrogen-bond acceptors (Lipinski definition) is 13. The number of nitrogens with one attached hydrogen (secondary N) is 2. The van der Waals surface area contributed by atoms with E-state index in [1.165, 1.54) is 21.9 Å². The van der Waals surface area contributed by atoms with Gasteiger partial charge in [-0.2, -0.15) is 0 Å². The summed E-state index contributed by atoms with van der Waals surface area (Å²) in [5.74, 6) is 0.137. The van der Waals surface area contributed by atoms with E-state index in [1.807, 2.05) is 18.2 Å². The second-order valence-corrected chi connectivity index (χ2v) is 21.3. The number of phosphoric ester groups is 1. The molecule has 19 nitrogen and oxygen atoms in total. The molecule has 4 aliphatic rings. The number of rotatable bonds is 13. The van der Waals surface area contributed by atoms with E-state index in [4.69, 9.17) is 9.51 Å². The van der Waals surface area contributed by atoms with Crippen LogP contribution in [0.15, 0.2) is 78.6 Å². The molecule has 2 fully saturated rings. The molecule has 0 aromatic carbocycles. The minimum absolute atomic E-state index is 0.0552. The van der Waals surface area contributed by atoms with Crippen molar-refractivity contribution in [3.8, 4) is 11.1 Å². The van der Waals surface area contributed by atoms with Crippen molar-refractivity contribution in [2.24, 2.45) is 12.5 Å². The Morgan fingerprint density at radius 2 is 1.74 bits per heavy atom. The zero-order valence-electron chi connectivity index (χ0n) is 40.6. The molecule has 0 spiro atoms. The maximum absolute atomic E-state index is 14.1. The molecule has 370 valence electrons. The summed E-state index contributed by atoms with van der Waals surface area (Å²) in [5.41, 5.74) is 6.11. The van der Waals surface area contributed by atoms with Gasteiger partial charge in [-0.25, -0.2) is 14.5 Å². The molecule has 5 N–H and O–H groups in total. The maximum Gasteiger partial charge on any atom is 0.470 e. The lowest BCUT2D eigenvalue weighted by Gasteiger charge is -2.47. The van der Waals surface area contributed by atoms with Gasteiger partial charge in [-0.1, -0.05) is 20.4 Å². The summed E-state index contributed by atoms with van der Waals surface area (Å²) in [7, 11) is -3.08. The second-order valence-electron chi connectivity index (χ2n) is 20.2. The lowest BCUT2D eigenvalue weighted by Crippen LogP contribution is -2.57. The van der Waals surface area contributed by atoms with Crippen LogP contribution < -0.4 is 30.9 Å². The number of aryl methyl sites for hydroxylation is 1. The van der Waals surface area contributed by atoms with Gasteiger partial charge in [0.1, 0.15) is 28.6 Å². The highest BCUT2D eigenvalue weighted by atomic mass is 31.2. The minimum atomic E-state index is -4.73. The molecule has 8 heterocycles. The van der Waals surface area contributed by atoms with Crippen LogP contribution in [0.4, 0.5) is 34.4 Å². The Kier molecular flexibility index (Phi) is 13.1. The highest BCUT2D eigenvalue weighted by Crippen LogP contribution is 2.45. The number of hydrogen-bond donors (Lipinski definition) is 5. The standard InChI is InChI=1S/C50H62N11O8P/c1-8-45(63)55-38-24-44(53-27-42(38)59-18-17-58(28-31(59)2)34-11-15-57(16-12-34)35-9-13-51-43(23-35)50(5,6)69-70(66,67)68)54-39-21-33(29-56(7)47(39)64)36-10-14-52-46(37(36)30-62)61-20-19-60-40(48(61)65)22-32-25-49(3,4)26-41(32)60/h8-10,13-14,21-24,27,29,31,34,62H,1,11-12,15-20,25-26,28,30H2,2-7H3,(H2,66,67,68)(H2,53,54,55,63)/t31-/m0/s1. The van der Waals surface area contributed by atoms with Crippen molar-refractivity contribution in [1.82, 2.24) is 29.0 Å². The van der Waals surface area contributed by atoms with Crippen LogP contribution in [0.3, 0.4) is 0 Å². The highest BCUT2D eigenvalue weighted by Gasteiger charge is 2.39. The van der Waals surface area contributed by atoms with Gasteiger partial charge in [-0.05, 0) is 99.4 Å². The van der Waals surface area contributed by atoms with Crippen LogP contribution in [-0.2, 0) is 52.5 Å². The molecule has 1 atom stereocenters. The van der Waals surface area contributed by atoms with E-state index in [0.717, 1.165) is 63.2 Å². The molecule has 5 aromatic heterocycles. The first-order chi connectivity index (χ1) is 33.2. The van der Waals surface area contributed by atoms with Crippen molar-refractivity contribution in [2.75, 3.05) is 64.6 Å². The minimum Gasteiger partial charge on any atom is -0.392 e. The summed E-state index contributed by atoms with van der Waals surface area (Å²) in [6, 6.07) is 11.3. The van der Waals surface area contributed by atoms with Crippen molar-refractivity contribution >= 4 is 54.0 Å². The number of anilines is 6. The van der Waals surface area contributed by atoms with Crippen LogP contribution in [0, 0.1) is 5.41 Å². The van der Waals surface area contributed by atoms with Crippen LogP contribution in [0.1, 0.15) is 80.5 Å². The quantitative estimate of drug-likeness (QED) is 0.0705. The molecule has 3 aliphatic heterocycles. The van der Waals surface area contributed by atoms with Crippen molar-refractivity contribution in [3.63, 3.8) is 0 Å². The van der Waals surface area contributed by atoms with E-state index in [2.05, 4.69) is 67.2 Å². The lowest BCUT2D eigenvalue weighted by molar-refractivity contribution is -0.111. The van der Waals surface area contributed by atoms with E-state index < -0.39 is 25.9 Å². The Bertz CT molecular complexity index is 2970. The Labute approximate surface area is 407 Å². The Morgan fingerprint density at radius 1 is 0.986 bits per heavy atom. The fourth-order valence-corrected chi connectivity index (χ4v) is 11.5. The number of aromatic nitrogens is 5. The van der Waals surface area contributed by atoms with Gasteiger partial charge >= 0.3 is 7.82 Å². The van der Waals surface area contributed by atoms with Gasteiger partial charge in [0.2, 0.25) is 5.91 Å². The molecule has 70 heavy (non-hydrogen) atoms. The van der Waals surface area contributed by atoms with Gasteiger partial charge < -0.3 is 44.5 Å². The van der Waals surface area contributed by atoms with E-state index in [0.29, 0.717) is 71.1 Å². The van der Waals surface area contributed by atoms with Gasteiger partial charge in [0, 0.05) is 112 Å². The van der Waals surface area contributed by atoms with Crippen molar-refractivity contribution in [1.29, 1.82) is 0 Å². The topological polar surface area (TPSA) is 224 Å². The number of nitrogens with zero attached hydrogens (tertiary/aromatic N) is 9. The molecule has 9 rings (SSSR count). The number of aliphatic hydroxyl groups excluding tert-OH is 1. The summed E-state index contributed by atoms with van der Waals surface area (Å²) >= 11 is 0. The first kappa shape index (κ1) is 48.8. The fraction of sp³-hybridized carbons (Fsp3) is 0.440. The highest BCUT2D eigenvalue weighted by molar-refractivity contribution is 7.46. The maximum atomic E-state index is 14.1. The number of carbonyl (C=O) groups is 2. The summed E-state index contributed by atoms with van der Waals surface area (Å²) in [6.07, 6.45) is 11.5. The lowest BCUT2D eigenvalue weighted by atomic mass is 9.90. The third-order valence-corrected chi connectivity index (χ3v) is 14.9. The van der Waals surface area contributed by atoms with Crippen LogP contribution in [-0.4, -0.2) is 107 Å². The first-order valence-corrected chi connectivity index (χ1v) is 25.3. The zero-order valence-corrected chi connectivity index (χ0v) is 41.4. The molecular formula is C50H62N11O8P. The van der Waals surface area contributed by atoms with Gasteiger partial charge in [0.05, 0.1) is 29.9 Å². The Morgan fingerprint density at radius 3 is 2.46 bits per heavy atom. The molecule has 2 saturated heterocycles. The molecule has 1 aliphatic carbocycles. The number of fused-ring (bicyclic) bond motifs is 3. The molecule has 0 unspecified atom stereocenters. The molecule has 0 radical (unpaired) electrons. The largest absolute Gasteiger partial charge is 0.470 e. The first-order valence-electron chi connectivity index (χ1n) is 23.7. The Balaban J connectivity index is 0.899. The third kappa shape index (κ3) is 9.78. The molecule has 0 saturated carbocycles. The van der Waals surface area contributed by atoms with Crippen LogP contribution in [0.25, 0.3) is 11.1 Å². The monoisotopic (exact) mass is 975 g/mol. The van der Waals surface area contributed by atoms with Crippen molar-refractivity contribution in [2.45, 2.75) is 91.1 Å². The number of piperidine rings is 1. The SMILES string of the molecule is C=CC(=O)Nc1cc(Nc2cc(-c3ccnc(N4CCn5c(cc6c5CC(C)(C)C6)C4=O)c3CO)cn(C)c2=O)ncc1N1CCN(C2CCN(c3ccnc(C(C)(C)OP(=O)(O)O)c3)CC2)C[C@@H]1C. The number of aliphatic hydroxyl groups is 1.